The van der Waals surface area contributed by atoms with E-state index in [1.54, 1.807) is 0 Å². The van der Waals surface area contributed by atoms with Crippen LogP contribution < -0.4 is 0 Å². The number of aliphatic carboxylic acids is 1. The lowest BCUT2D eigenvalue weighted by Crippen LogP contribution is -2.71. The molecule has 10 fully saturated rings. The third kappa shape index (κ3) is 12.7. The molecule has 562 valence electrons. The van der Waals surface area contributed by atoms with Gasteiger partial charge in [-0.3, -0.25) is 9.59 Å². The molecular weight excluding hydrogens is 1310 g/mol. The van der Waals surface area contributed by atoms with Gasteiger partial charge in [0.25, 0.3) is 0 Å². The summed E-state index contributed by atoms with van der Waals surface area (Å²) in [5.74, 6) is -3.82. The number of carboxylic acids is 1. The molecule has 0 aromatic heterocycles. The molecule has 6 saturated heterocycles. The monoisotopic (exact) mass is 1410 g/mol. The standard InChI is InChI=1S/C65H104O33/c1-23-34(70)39(75)44(80)53(88-23)95-49-35(71)24(2)89-57(50(49)96-54-47(83)42(78)48(25(3)90-54)94-52-43(79)38(74)31(21-87-52)93-55-45(81)40(76)36(72)29(19-66)91-55)98-59(86)64-14-13-60(4,5)17-27(64)26-9-10-32-61(6)18-28(69)51(97-56-46(82)41(77)37(73)30(20-67)92-56)63(8,58(84)85)33(61)11-12-62(32,7)65(26,22-68)16-15-64/h9,23-25,27-57,66-83H,10-22H2,1-8H3,(H,84,85)/t23?,24?,25?,27-,28?,29?,30?,31?,32?,33?,34?,35?,36?,37?,38+,39?,40-,41+,42+,43-,44?,45?,46-,47?,48+,49?,50?,51?,52-,53-,54+,55-,56-,57+,61+,62+,63-,64-,65-/m0/s1. The fraction of sp³-hybridized carbons (Fsp3) is 0.938. The first-order valence-corrected chi connectivity index (χ1v) is 34.3. The third-order valence-corrected chi connectivity index (χ3v) is 25.2. The largest absolute Gasteiger partial charge is 0.481 e. The van der Waals surface area contributed by atoms with Crippen LogP contribution >= 0.6 is 0 Å². The minimum atomic E-state index is -2.11. The van der Waals surface area contributed by atoms with Gasteiger partial charge in [-0.2, -0.15) is 0 Å². The highest BCUT2D eigenvalue weighted by Crippen LogP contribution is 2.76. The molecule has 98 heavy (non-hydrogen) atoms. The van der Waals surface area contributed by atoms with Crippen molar-refractivity contribution in [2.24, 2.45) is 50.2 Å². The van der Waals surface area contributed by atoms with Crippen molar-refractivity contribution in [2.75, 3.05) is 26.4 Å². The Morgan fingerprint density at radius 3 is 1.60 bits per heavy atom. The van der Waals surface area contributed by atoms with Crippen LogP contribution in [0.1, 0.15) is 113 Å². The maximum atomic E-state index is 16.0. The average Bonchev–Trinajstić information content (AvgIpc) is 0.669. The molecule has 0 aromatic carbocycles. The Balaban J connectivity index is 0.857. The van der Waals surface area contributed by atoms with Crippen LogP contribution in [-0.2, 0) is 66.4 Å². The number of carbonyl (C=O) groups is 2. The van der Waals surface area contributed by atoms with Crippen molar-refractivity contribution in [1.82, 2.24) is 0 Å². The quantitative estimate of drug-likeness (QED) is 0.0389. The summed E-state index contributed by atoms with van der Waals surface area (Å²) in [6.45, 7) is 11.3. The molecule has 6 aliphatic heterocycles. The van der Waals surface area contributed by atoms with Crippen molar-refractivity contribution in [3.63, 3.8) is 0 Å². The molecule has 5 aliphatic carbocycles. The SMILES string of the molecule is CC1O[C@@H](OC2C(O)C(C)O[C@H](OC(=O)[C@]34CCC(C)(C)C[C@H]3C3=CCC5[C@@]6(C)CC(O)C(O[C@@H]7OC(CO)C(O)[C@@H](O)[C@@H]7O)[C@@](C)(C(=O)O)C6CC[C@@]5(C)[C@]3(CO)CC4)C2O[C@H]2OC(C)[C@@H](O[C@@H]3OCC(O[C@@H]4OC(CO)C(O)[C@H](O)C4O)[C@@H](O)[C@@H]3O)[C@H](O)C2O)C(O)C(O)C1O. The molecule has 0 radical (unpaired) electrons. The number of esters is 1. The molecule has 19 N–H and O–H groups in total. The van der Waals surface area contributed by atoms with Gasteiger partial charge in [0.1, 0.15) is 122 Å². The van der Waals surface area contributed by atoms with Crippen LogP contribution in [0.25, 0.3) is 0 Å². The summed E-state index contributed by atoms with van der Waals surface area (Å²) in [6.07, 6.45) is -48.4. The Labute approximate surface area is 565 Å². The molecule has 33 heteroatoms. The van der Waals surface area contributed by atoms with Crippen LogP contribution in [0.2, 0.25) is 0 Å². The van der Waals surface area contributed by atoms with Gasteiger partial charge < -0.3 is 154 Å². The Kier molecular flexibility index (Phi) is 22.2. The van der Waals surface area contributed by atoms with E-state index in [0.29, 0.717) is 25.7 Å². The van der Waals surface area contributed by atoms with Crippen molar-refractivity contribution >= 4 is 11.9 Å². The predicted molar refractivity (Wildman–Crippen MR) is 323 cm³/mol. The maximum absolute atomic E-state index is 16.0. The van der Waals surface area contributed by atoms with Gasteiger partial charge in [-0.1, -0.05) is 39.3 Å². The first kappa shape index (κ1) is 76.6. The lowest BCUT2D eigenvalue weighted by molar-refractivity contribution is -0.392. The van der Waals surface area contributed by atoms with Crippen molar-refractivity contribution in [2.45, 2.75) is 304 Å². The molecule has 0 aromatic rings. The Morgan fingerprint density at radius 1 is 0.500 bits per heavy atom. The highest BCUT2D eigenvalue weighted by Gasteiger charge is 2.74. The van der Waals surface area contributed by atoms with E-state index in [4.69, 9.17) is 56.8 Å². The number of fused-ring (bicyclic) bond motifs is 7. The number of allylic oxidation sites excluding steroid dienone is 1. The number of aliphatic hydroxyl groups is 18. The van der Waals surface area contributed by atoms with Gasteiger partial charge in [0.2, 0.25) is 6.29 Å². The van der Waals surface area contributed by atoms with Crippen LogP contribution in [0.4, 0.5) is 0 Å². The van der Waals surface area contributed by atoms with Crippen LogP contribution in [0.3, 0.4) is 0 Å². The number of hydrogen-bond acceptors (Lipinski definition) is 32. The molecule has 4 saturated carbocycles. The Hall–Kier alpha value is -2.48. The summed E-state index contributed by atoms with van der Waals surface area (Å²) in [6, 6.07) is 0. The second-order valence-corrected chi connectivity index (χ2v) is 31.2. The zero-order chi connectivity index (χ0) is 71.7. The average molecular weight is 1410 g/mol. The lowest BCUT2D eigenvalue weighted by Gasteiger charge is -2.71. The number of rotatable bonds is 16. The van der Waals surface area contributed by atoms with Gasteiger partial charge in [-0.15, -0.1) is 0 Å². The topological polar surface area (TPSA) is 529 Å². The predicted octanol–water partition coefficient (Wildman–Crippen LogP) is -5.66. The van der Waals surface area contributed by atoms with Gasteiger partial charge >= 0.3 is 11.9 Å². The van der Waals surface area contributed by atoms with Crippen molar-refractivity contribution in [3.8, 4) is 0 Å². The van der Waals surface area contributed by atoms with Crippen LogP contribution in [-0.4, -0.2) is 326 Å². The highest BCUT2D eigenvalue weighted by molar-refractivity contribution is 5.79. The van der Waals surface area contributed by atoms with Gasteiger partial charge in [0, 0.05) is 5.41 Å². The minimum absolute atomic E-state index is 0.00600. The maximum Gasteiger partial charge on any atom is 0.315 e. The number of carboxylic acid groups (broad SMARTS) is 1. The molecule has 0 spiro atoms. The molecule has 33 nitrogen and oxygen atoms in total. The van der Waals surface area contributed by atoms with E-state index in [2.05, 4.69) is 20.8 Å². The van der Waals surface area contributed by atoms with Gasteiger partial charge in [0.05, 0.1) is 61.7 Å². The molecule has 11 rings (SSSR count). The molecule has 39 atom stereocenters. The molecule has 11 aliphatic rings. The minimum Gasteiger partial charge on any atom is -0.481 e. The van der Waals surface area contributed by atoms with E-state index in [-0.39, 0.29) is 38.7 Å². The lowest BCUT2D eigenvalue weighted by atomic mass is 9.33. The first-order chi connectivity index (χ1) is 45.9. The number of ether oxygens (including phenoxy) is 12. The Morgan fingerprint density at radius 2 is 1.01 bits per heavy atom. The van der Waals surface area contributed by atoms with E-state index >= 15 is 4.79 Å². The smallest absolute Gasteiger partial charge is 0.315 e. The van der Waals surface area contributed by atoms with E-state index in [0.717, 1.165) is 5.57 Å². The molecule has 0 amide bonds. The first-order valence-electron chi connectivity index (χ1n) is 34.3. The normalized spacial score (nSPS) is 55.0. The zero-order valence-corrected chi connectivity index (χ0v) is 56.1. The van der Waals surface area contributed by atoms with Gasteiger partial charge in [0.15, 0.2) is 37.6 Å². The molecule has 6 heterocycles. The summed E-state index contributed by atoms with van der Waals surface area (Å²) in [5, 5.41) is 210. The summed E-state index contributed by atoms with van der Waals surface area (Å²) >= 11 is 0. The Bertz CT molecular complexity index is 2820. The molecule has 0 bridgehead atoms. The van der Waals surface area contributed by atoms with Crippen molar-refractivity contribution in [1.29, 1.82) is 0 Å². The van der Waals surface area contributed by atoms with Gasteiger partial charge in [-0.05, 0) is 119 Å². The number of aliphatic hydroxyl groups excluding tert-OH is 18. The van der Waals surface area contributed by atoms with Gasteiger partial charge in [-0.25, -0.2) is 0 Å². The second kappa shape index (κ2) is 28.4. The van der Waals surface area contributed by atoms with Crippen molar-refractivity contribution < 1.29 is 163 Å². The van der Waals surface area contributed by atoms with E-state index in [1.807, 2.05) is 13.0 Å². The van der Waals surface area contributed by atoms with Crippen LogP contribution in [0.5, 0.6) is 0 Å². The van der Waals surface area contributed by atoms with E-state index < -0.39 is 272 Å². The summed E-state index contributed by atoms with van der Waals surface area (Å²) < 4.78 is 72.2. The fourth-order valence-corrected chi connectivity index (χ4v) is 19.2. The number of carbonyl (C=O) groups excluding carboxylic acids is 1. The van der Waals surface area contributed by atoms with Crippen LogP contribution in [0.15, 0.2) is 11.6 Å². The molecular formula is C65H104O33. The summed E-state index contributed by atoms with van der Waals surface area (Å²) in [4.78, 5) is 29.9. The van der Waals surface area contributed by atoms with Crippen molar-refractivity contribution in [3.05, 3.63) is 11.6 Å². The van der Waals surface area contributed by atoms with Crippen LogP contribution in [0, 0.1) is 50.2 Å². The zero-order valence-electron chi connectivity index (χ0n) is 56.1. The summed E-state index contributed by atoms with van der Waals surface area (Å²) in [5.41, 5.74) is -5.64. The van der Waals surface area contributed by atoms with E-state index in [9.17, 15) is 102 Å². The number of hydrogen-bond donors (Lipinski definition) is 19. The summed E-state index contributed by atoms with van der Waals surface area (Å²) in [7, 11) is 0. The highest BCUT2D eigenvalue weighted by atomic mass is 16.8. The third-order valence-electron chi connectivity index (χ3n) is 25.2. The fourth-order valence-electron chi connectivity index (χ4n) is 19.2. The second-order valence-electron chi connectivity index (χ2n) is 31.2. The molecule has 20 unspecified atom stereocenters. The van der Waals surface area contributed by atoms with E-state index in [1.165, 1.54) is 27.7 Å².